The highest BCUT2D eigenvalue weighted by molar-refractivity contribution is 9.09. The standard InChI is InChI=1S/C7H14BrNO2/c1-2-3-4-5-9-11-7(10)6-8/h9H,2-6H2,1H3. The number of alkyl halides is 1. The zero-order valence-corrected chi connectivity index (χ0v) is 8.32. The largest absolute Gasteiger partial charge is 0.370 e. The molecule has 0 saturated heterocycles. The zero-order chi connectivity index (χ0) is 8.53. The van der Waals surface area contributed by atoms with Gasteiger partial charge in [0.05, 0.1) is 0 Å². The lowest BCUT2D eigenvalue weighted by Crippen LogP contribution is -2.21. The van der Waals surface area contributed by atoms with E-state index in [1.54, 1.807) is 0 Å². The van der Waals surface area contributed by atoms with Crippen molar-refractivity contribution in [2.45, 2.75) is 26.2 Å². The zero-order valence-electron chi connectivity index (χ0n) is 6.73. The third-order valence-electron chi connectivity index (χ3n) is 1.18. The number of rotatable bonds is 6. The number of hydrogen-bond acceptors (Lipinski definition) is 3. The number of hydroxylamine groups is 1. The molecule has 0 aliphatic rings. The topological polar surface area (TPSA) is 38.3 Å². The molecule has 0 aromatic heterocycles. The first-order chi connectivity index (χ1) is 5.31. The van der Waals surface area contributed by atoms with Gasteiger partial charge in [-0.15, -0.1) is 0 Å². The molecule has 3 nitrogen and oxygen atoms in total. The Morgan fingerprint density at radius 1 is 1.55 bits per heavy atom. The minimum atomic E-state index is -0.276. The number of carbonyl (C=O) groups is 1. The molecule has 0 fully saturated rings. The molecular weight excluding hydrogens is 210 g/mol. The molecule has 1 N–H and O–H groups in total. The van der Waals surface area contributed by atoms with E-state index in [1.165, 1.54) is 12.8 Å². The van der Waals surface area contributed by atoms with Gasteiger partial charge in [0.15, 0.2) is 0 Å². The molecule has 0 aliphatic heterocycles. The van der Waals surface area contributed by atoms with Crippen LogP contribution in [0.3, 0.4) is 0 Å². The Morgan fingerprint density at radius 2 is 2.27 bits per heavy atom. The average molecular weight is 224 g/mol. The van der Waals surface area contributed by atoms with Gasteiger partial charge in [0.25, 0.3) is 0 Å². The van der Waals surface area contributed by atoms with Crippen LogP contribution in [0.15, 0.2) is 0 Å². The Labute approximate surface area is 75.6 Å². The van der Waals surface area contributed by atoms with E-state index in [2.05, 4.69) is 33.2 Å². The molecule has 0 aliphatic carbocycles. The highest BCUT2D eigenvalue weighted by Gasteiger charge is 1.96. The van der Waals surface area contributed by atoms with E-state index in [0.717, 1.165) is 13.0 Å². The number of carbonyl (C=O) groups excluding carboxylic acids is 1. The van der Waals surface area contributed by atoms with Crippen molar-refractivity contribution in [3.8, 4) is 0 Å². The van der Waals surface area contributed by atoms with Crippen molar-refractivity contribution < 1.29 is 9.63 Å². The molecule has 0 unspecified atom stereocenters. The van der Waals surface area contributed by atoms with Crippen LogP contribution in [-0.4, -0.2) is 17.8 Å². The summed E-state index contributed by atoms with van der Waals surface area (Å²) >= 11 is 2.98. The lowest BCUT2D eigenvalue weighted by molar-refractivity contribution is -0.147. The highest BCUT2D eigenvalue weighted by atomic mass is 79.9. The summed E-state index contributed by atoms with van der Waals surface area (Å²) in [6, 6.07) is 0. The van der Waals surface area contributed by atoms with Crippen molar-refractivity contribution in [2.75, 3.05) is 11.9 Å². The van der Waals surface area contributed by atoms with Crippen molar-refractivity contribution in [2.24, 2.45) is 0 Å². The van der Waals surface area contributed by atoms with Crippen LogP contribution in [-0.2, 0) is 9.63 Å². The smallest absolute Gasteiger partial charge is 0.335 e. The summed E-state index contributed by atoms with van der Waals surface area (Å²) in [7, 11) is 0. The summed E-state index contributed by atoms with van der Waals surface area (Å²) in [5.74, 6) is -0.276. The summed E-state index contributed by atoms with van der Waals surface area (Å²) < 4.78 is 0. The molecule has 11 heavy (non-hydrogen) atoms. The van der Waals surface area contributed by atoms with E-state index in [-0.39, 0.29) is 11.3 Å². The second-order valence-electron chi connectivity index (χ2n) is 2.21. The molecule has 0 heterocycles. The maximum atomic E-state index is 10.5. The lowest BCUT2D eigenvalue weighted by atomic mass is 10.3. The van der Waals surface area contributed by atoms with E-state index in [1.807, 2.05) is 0 Å². The molecule has 0 amide bonds. The summed E-state index contributed by atoms with van der Waals surface area (Å²) in [4.78, 5) is 15.1. The summed E-state index contributed by atoms with van der Waals surface area (Å²) in [5.41, 5.74) is 2.59. The fourth-order valence-electron chi connectivity index (χ4n) is 0.606. The first-order valence-corrected chi connectivity index (χ1v) is 4.92. The third kappa shape index (κ3) is 7.81. The van der Waals surface area contributed by atoms with Crippen LogP contribution >= 0.6 is 15.9 Å². The molecule has 0 aromatic rings. The van der Waals surface area contributed by atoms with E-state index in [9.17, 15) is 4.79 Å². The van der Waals surface area contributed by atoms with Gasteiger partial charge in [0, 0.05) is 6.54 Å². The first kappa shape index (κ1) is 10.9. The maximum Gasteiger partial charge on any atom is 0.335 e. The Kier molecular flexibility index (Phi) is 7.95. The molecule has 0 spiro atoms. The Morgan fingerprint density at radius 3 is 2.82 bits per heavy atom. The average Bonchev–Trinajstić information content (AvgIpc) is 2.04. The van der Waals surface area contributed by atoms with Crippen LogP contribution in [0.2, 0.25) is 0 Å². The van der Waals surface area contributed by atoms with Crippen molar-refractivity contribution >= 4 is 21.9 Å². The molecule has 66 valence electrons. The van der Waals surface area contributed by atoms with E-state index in [4.69, 9.17) is 0 Å². The minimum Gasteiger partial charge on any atom is -0.370 e. The van der Waals surface area contributed by atoms with Gasteiger partial charge in [-0.1, -0.05) is 35.7 Å². The quantitative estimate of drug-likeness (QED) is 0.423. The predicted molar refractivity (Wildman–Crippen MR) is 47.4 cm³/mol. The van der Waals surface area contributed by atoms with Gasteiger partial charge in [-0.2, -0.15) is 5.48 Å². The van der Waals surface area contributed by atoms with Crippen molar-refractivity contribution in [3.05, 3.63) is 0 Å². The van der Waals surface area contributed by atoms with Gasteiger partial charge in [-0.05, 0) is 6.42 Å². The van der Waals surface area contributed by atoms with Gasteiger partial charge in [-0.3, -0.25) is 0 Å². The van der Waals surface area contributed by atoms with Gasteiger partial charge < -0.3 is 4.84 Å². The van der Waals surface area contributed by atoms with Crippen LogP contribution in [0.1, 0.15) is 26.2 Å². The number of unbranched alkanes of at least 4 members (excludes halogenated alkanes) is 2. The highest BCUT2D eigenvalue weighted by Crippen LogP contribution is 1.91. The lowest BCUT2D eigenvalue weighted by Gasteiger charge is -2.02. The number of hydrogen-bond donors (Lipinski definition) is 1. The van der Waals surface area contributed by atoms with Crippen LogP contribution in [0.5, 0.6) is 0 Å². The third-order valence-corrected chi connectivity index (χ3v) is 1.64. The van der Waals surface area contributed by atoms with Gasteiger partial charge in [-0.25, -0.2) is 4.79 Å². The van der Waals surface area contributed by atoms with Crippen LogP contribution in [0.25, 0.3) is 0 Å². The van der Waals surface area contributed by atoms with Crippen LogP contribution in [0, 0.1) is 0 Å². The predicted octanol–water partition coefficient (Wildman–Crippen LogP) is 1.62. The molecule has 0 radical (unpaired) electrons. The second-order valence-corrected chi connectivity index (χ2v) is 2.77. The molecule has 4 heteroatoms. The Balaban J connectivity index is 2.95. The second kappa shape index (κ2) is 8.01. The van der Waals surface area contributed by atoms with Crippen molar-refractivity contribution in [1.29, 1.82) is 0 Å². The van der Waals surface area contributed by atoms with Crippen molar-refractivity contribution in [1.82, 2.24) is 5.48 Å². The van der Waals surface area contributed by atoms with E-state index >= 15 is 0 Å². The molecular formula is C7H14BrNO2. The molecule has 0 aromatic carbocycles. The Bertz CT molecular complexity index is 109. The van der Waals surface area contributed by atoms with Crippen LogP contribution < -0.4 is 5.48 Å². The molecule has 0 saturated carbocycles. The van der Waals surface area contributed by atoms with E-state index in [0.29, 0.717) is 0 Å². The van der Waals surface area contributed by atoms with Gasteiger partial charge >= 0.3 is 5.97 Å². The Hall–Kier alpha value is -0.0900. The fraction of sp³-hybridized carbons (Fsp3) is 0.857. The fourth-order valence-corrected chi connectivity index (χ4v) is 0.720. The summed E-state index contributed by atoms with van der Waals surface area (Å²) in [5, 5.41) is 0.244. The first-order valence-electron chi connectivity index (χ1n) is 3.79. The van der Waals surface area contributed by atoms with Gasteiger partial charge in [0.2, 0.25) is 0 Å². The molecule has 0 atom stereocenters. The monoisotopic (exact) mass is 223 g/mol. The van der Waals surface area contributed by atoms with Gasteiger partial charge in [0.1, 0.15) is 5.33 Å². The summed E-state index contributed by atoms with van der Waals surface area (Å²) in [6.07, 6.45) is 3.39. The van der Waals surface area contributed by atoms with E-state index < -0.39 is 0 Å². The number of nitrogens with one attached hydrogen (secondary N) is 1. The van der Waals surface area contributed by atoms with Crippen LogP contribution in [0.4, 0.5) is 0 Å². The summed E-state index contributed by atoms with van der Waals surface area (Å²) in [6.45, 7) is 2.87. The molecule has 0 rings (SSSR count). The number of halogens is 1. The minimum absolute atomic E-state index is 0.244. The SMILES string of the molecule is CCCCCNOC(=O)CBr. The maximum absolute atomic E-state index is 10.5. The van der Waals surface area contributed by atoms with Crippen molar-refractivity contribution in [3.63, 3.8) is 0 Å². The molecule has 0 bridgehead atoms. The normalized spacial score (nSPS) is 9.64.